The molecule has 0 bridgehead atoms. The van der Waals surface area contributed by atoms with Crippen LogP contribution in [0.15, 0.2) is 29.6 Å². The summed E-state index contributed by atoms with van der Waals surface area (Å²) in [6.45, 7) is 0.0266. The molecule has 8 nitrogen and oxygen atoms in total. The Kier molecular flexibility index (Phi) is 3.55. The zero-order valence-corrected chi connectivity index (χ0v) is 10.8. The summed E-state index contributed by atoms with van der Waals surface area (Å²) in [6, 6.07) is 4.49. The van der Waals surface area contributed by atoms with E-state index in [1.807, 2.05) is 6.07 Å². The summed E-state index contributed by atoms with van der Waals surface area (Å²) in [7, 11) is -1.97. The molecule has 0 aliphatic carbocycles. The van der Waals surface area contributed by atoms with Gasteiger partial charge in [-0.1, -0.05) is 0 Å². The van der Waals surface area contributed by atoms with Crippen molar-refractivity contribution in [2.24, 2.45) is 7.05 Å². The third-order valence-corrected chi connectivity index (χ3v) is 3.77. The lowest BCUT2D eigenvalue weighted by Crippen LogP contribution is -2.24. The predicted octanol–water partition coefficient (Wildman–Crippen LogP) is -0.440. The van der Waals surface area contributed by atoms with E-state index in [-0.39, 0.29) is 17.1 Å². The smallest absolute Gasteiger partial charge is 0.242 e. The van der Waals surface area contributed by atoms with E-state index in [0.29, 0.717) is 5.82 Å². The van der Waals surface area contributed by atoms with Crippen molar-refractivity contribution in [3.8, 4) is 6.07 Å². The monoisotopic (exact) mass is 278 g/mol. The van der Waals surface area contributed by atoms with E-state index in [0.717, 1.165) is 6.20 Å². The van der Waals surface area contributed by atoms with Crippen molar-refractivity contribution in [2.75, 3.05) is 0 Å². The van der Waals surface area contributed by atoms with E-state index in [4.69, 9.17) is 5.26 Å². The molecule has 0 amide bonds. The Morgan fingerprint density at radius 3 is 2.79 bits per heavy atom. The SMILES string of the molecule is Cn1cnnc1CNS(=O)(=O)c1ccc(C#N)nc1. The second kappa shape index (κ2) is 5.13. The molecule has 0 radical (unpaired) electrons. The molecule has 0 fully saturated rings. The van der Waals surface area contributed by atoms with Gasteiger partial charge in [-0.25, -0.2) is 18.1 Å². The molecule has 0 saturated carbocycles. The van der Waals surface area contributed by atoms with E-state index in [9.17, 15) is 8.42 Å². The van der Waals surface area contributed by atoms with E-state index in [1.54, 1.807) is 11.6 Å². The van der Waals surface area contributed by atoms with Gasteiger partial charge in [-0.15, -0.1) is 10.2 Å². The number of nitrogens with one attached hydrogen (secondary N) is 1. The summed E-state index contributed by atoms with van der Waals surface area (Å²) in [6.07, 6.45) is 2.62. The van der Waals surface area contributed by atoms with Crippen molar-refractivity contribution in [1.82, 2.24) is 24.5 Å². The highest BCUT2D eigenvalue weighted by Crippen LogP contribution is 2.08. The maximum atomic E-state index is 11.9. The number of hydrogen-bond acceptors (Lipinski definition) is 6. The molecule has 98 valence electrons. The number of nitriles is 1. The van der Waals surface area contributed by atoms with E-state index in [2.05, 4.69) is 19.9 Å². The molecule has 1 N–H and O–H groups in total. The predicted molar refractivity (Wildman–Crippen MR) is 64.0 cm³/mol. The standard InChI is InChI=1S/C10H10N6O2S/c1-16-7-13-15-10(16)6-14-19(17,18)9-3-2-8(4-11)12-5-9/h2-3,5,7,14H,6H2,1H3. The van der Waals surface area contributed by atoms with E-state index < -0.39 is 10.0 Å². The maximum Gasteiger partial charge on any atom is 0.242 e. The first-order valence-corrected chi connectivity index (χ1v) is 6.70. The van der Waals surface area contributed by atoms with Gasteiger partial charge in [0.05, 0.1) is 6.54 Å². The lowest BCUT2D eigenvalue weighted by Gasteiger charge is -2.05. The van der Waals surface area contributed by atoms with Crippen LogP contribution in [0.1, 0.15) is 11.5 Å². The minimum absolute atomic E-state index is 0.00586. The van der Waals surface area contributed by atoms with Crippen molar-refractivity contribution in [3.63, 3.8) is 0 Å². The van der Waals surface area contributed by atoms with Gasteiger partial charge >= 0.3 is 0 Å². The Labute approximate surface area is 109 Å². The molecule has 0 aliphatic heterocycles. The van der Waals surface area contributed by atoms with Gasteiger partial charge in [0.25, 0.3) is 0 Å². The quantitative estimate of drug-likeness (QED) is 0.811. The zero-order valence-electron chi connectivity index (χ0n) is 9.98. The molecule has 0 aromatic carbocycles. The van der Waals surface area contributed by atoms with Crippen LogP contribution in [-0.4, -0.2) is 28.2 Å². The van der Waals surface area contributed by atoms with Crippen LogP contribution in [0.4, 0.5) is 0 Å². The van der Waals surface area contributed by atoms with E-state index in [1.165, 1.54) is 18.5 Å². The molecular weight excluding hydrogens is 268 g/mol. The number of pyridine rings is 1. The first-order chi connectivity index (χ1) is 9.03. The average molecular weight is 278 g/mol. The summed E-state index contributed by atoms with van der Waals surface area (Å²) in [4.78, 5) is 3.71. The van der Waals surface area contributed by atoms with Crippen molar-refractivity contribution < 1.29 is 8.42 Å². The number of sulfonamides is 1. The zero-order chi connectivity index (χ0) is 13.9. The summed E-state index contributed by atoms with van der Waals surface area (Å²) < 4.78 is 27.9. The molecule has 2 heterocycles. The Balaban J connectivity index is 2.14. The number of rotatable bonds is 4. The van der Waals surface area contributed by atoms with Crippen LogP contribution < -0.4 is 4.72 Å². The lowest BCUT2D eigenvalue weighted by molar-refractivity contribution is 0.577. The minimum Gasteiger partial charge on any atom is -0.320 e. The molecule has 0 saturated heterocycles. The van der Waals surface area contributed by atoms with Gasteiger partial charge in [0.1, 0.15) is 28.8 Å². The van der Waals surface area contributed by atoms with Gasteiger partial charge in [0, 0.05) is 13.2 Å². The highest BCUT2D eigenvalue weighted by Gasteiger charge is 2.15. The molecule has 2 aromatic rings. The fourth-order valence-corrected chi connectivity index (χ4v) is 2.24. The van der Waals surface area contributed by atoms with Crippen molar-refractivity contribution >= 4 is 10.0 Å². The molecule has 2 rings (SSSR count). The first kappa shape index (κ1) is 13.1. The van der Waals surface area contributed by atoms with Crippen LogP contribution in [-0.2, 0) is 23.6 Å². The van der Waals surface area contributed by atoms with Crippen LogP contribution in [0.3, 0.4) is 0 Å². The Bertz CT molecular complexity index is 713. The summed E-state index contributed by atoms with van der Waals surface area (Å²) in [5.74, 6) is 0.491. The highest BCUT2D eigenvalue weighted by atomic mass is 32.2. The topological polar surface area (TPSA) is 114 Å². The summed E-state index contributed by atoms with van der Waals surface area (Å²) in [5, 5.41) is 16.0. The fraction of sp³-hybridized carbons (Fsp3) is 0.200. The molecule has 9 heteroatoms. The second-order valence-corrected chi connectivity index (χ2v) is 5.44. The Morgan fingerprint density at radius 1 is 1.47 bits per heavy atom. The van der Waals surface area contributed by atoms with Gasteiger partial charge < -0.3 is 4.57 Å². The molecule has 0 spiro atoms. The summed E-state index contributed by atoms with van der Waals surface area (Å²) in [5.41, 5.74) is 0.159. The second-order valence-electron chi connectivity index (χ2n) is 3.67. The van der Waals surface area contributed by atoms with Crippen molar-refractivity contribution in [2.45, 2.75) is 11.4 Å². The molecule has 2 aromatic heterocycles. The van der Waals surface area contributed by atoms with Crippen LogP contribution >= 0.6 is 0 Å². The van der Waals surface area contributed by atoms with Crippen LogP contribution in [0.5, 0.6) is 0 Å². The van der Waals surface area contributed by atoms with E-state index >= 15 is 0 Å². The summed E-state index contributed by atoms with van der Waals surface area (Å²) >= 11 is 0. The van der Waals surface area contributed by atoms with Gasteiger partial charge in [0.2, 0.25) is 10.0 Å². The van der Waals surface area contributed by atoms with Crippen LogP contribution in [0.25, 0.3) is 0 Å². The molecule has 0 atom stereocenters. The molecular formula is C10H10N6O2S. The number of hydrogen-bond donors (Lipinski definition) is 1. The van der Waals surface area contributed by atoms with Gasteiger partial charge in [-0.3, -0.25) is 0 Å². The fourth-order valence-electron chi connectivity index (χ4n) is 1.32. The number of aromatic nitrogens is 4. The number of aryl methyl sites for hydroxylation is 1. The van der Waals surface area contributed by atoms with Crippen LogP contribution in [0.2, 0.25) is 0 Å². The molecule has 19 heavy (non-hydrogen) atoms. The average Bonchev–Trinajstić information content (AvgIpc) is 2.82. The third-order valence-electron chi connectivity index (χ3n) is 2.39. The van der Waals surface area contributed by atoms with Crippen molar-refractivity contribution in [3.05, 3.63) is 36.2 Å². The van der Waals surface area contributed by atoms with Crippen LogP contribution in [0, 0.1) is 11.3 Å². The minimum atomic E-state index is -3.68. The first-order valence-electron chi connectivity index (χ1n) is 5.21. The highest BCUT2D eigenvalue weighted by molar-refractivity contribution is 7.89. The largest absolute Gasteiger partial charge is 0.320 e. The maximum absolute atomic E-state index is 11.9. The van der Waals surface area contributed by atoms with Gasteiger partial charge in [-0.2, -0.15) is 5.26 Å². The van der Waals surface area contributed by atoms with Gasteiger partial charge in [-0.05, 0) is 12.1 Å². The van der Waals surface area contributed by atoms with Gasteiger partial charge in [0.15, 0.2) is 0 Å². The molecule has 0 unspecified atom stereocenters. The Morgan fingerprint density at radius 2 is 2.26 bits per heavy atom. The lowest BCUT2D eigenvalue weighted by atomic mass is 10.4. The molecule has 0 aliphatic rings. The number of nitrogens with zero attached hydrogens (tertiary/aromatic N) is 5. The Hall–Kier alpha value is -2.31. The van der Waals surface area contributed by atoms with Crippen molar-refractivity contribution in [1.29, 1.82) is 5.26 Å². The normalized spacial score (nSPS) is 11.2. The third kappa shape index (κ3) is 2.93.